The predicted octanol–water partition coefficient (Wildman–Crippen LogP) is 0.340. The van der Waals surface area contributed by atoms with Crippen LogP contribution in [0.15, 0.2) is 24.0 Å². The topological polar surface area (TPSA) is 118 Å². The molecule has 0 aromatic rings. The fourth-order valence-corrected chi connectivity index (χ4v) is 3.63. The highest BCUT2D eigenvalue weighted by Crippen LogP contribution is 2.26. The van der Waals surface area contributed by atoms with E-state index in [2.05, 4.69) is 23.2 Å². The number of hydrogen-bond donors (Lipinski definition) is 2. The van der Waals surface area contributed by atoms with E-state index in [9.17, 15) is 16.8 Å². The smallest absolute Gasteiger partial charge is 0.304 e. The summed E-state index contributed by atoms with van der Waals surface area (Å²) in [5.41, 5.74) is -1.38. The highest BCUT2D eigenvalue weighted by Gasteiger charge is 2.44. The molecule has 1 heterocycles. The van der Waals surface area contributed by atoms with Crippen LogP contribution in [0.25, 0.3) is 0 Å². The maximum Gasteiger partial charge on any atom is 0.304 e. The maximum absolute atomic E-state index is 11.1. The molecule has 2 N–H and O–H groups in total. The zero-order valence-electron chi connectivity index (χ0n) is 9.90. The molecule has 1 aliphatic rings. The van der Waals surface area contributed by atoms with Crippen molar-refractivity contribution in [3.8, 4) is 11.8 Å². The molecule has 0 saturated carbocycles. The Balaban J connectivity index is 3.17. The van der Waals surface area contributed by atoms with Crippen molar-refractivity contribution in [2.75, 3.05) is 0 Å². The molecule has 0 aromatic carbocycles. The van der Waals surface area contributed by atoms with Crippen LogP contribution in [0.4, 0.5) is 0 Å². The van der Waals surface area contributed by atoms with Crippen LogP contribution < -0.4 is 0 Å². The van der Waals surface area contributed by atoms with E-state index < -0.39 is 30.9 Å². The summed E-state index contributed by atoms with van der Waals surface area (Å²) < 4.78 is 66.8. The van der Waals surface area contributed by atoms with E-state index in [1.807, 2.05) is 0 Å². The van der Waals surface area contributed by atoms with Gasteiger partial charge in [0.15, 0.2) is 0 Å². The average molecular weight is 308 g/mol. The summed E-state index contributed by atoms with van der Waals surface area (Å²) in [5.74, 6) is 5.09. The Hall–Kier alpha value is -1.34. The van der Waals surface area contributed by atoms with E-state index in [0.717, 1.165) is 6.26 Å². The lowest BCUT2D eigenvalue weighted by Crippen LogP contribution is -2.42. The van der Waals surface area contributed by atoms with Crippen molar-refractivity contribution in [1.29, 1.82) is 0 Å². The molecular formula is C10H12O7S2. The minimum absolute atomic E-state index is 0.172. The molecule has 0 radical (unpaired) electrons. The molecule has 0 aromatic heterocycles. The van der Waals surface area contributed by atoms with E-state index >= 15 is 0 Å². The average Bonchev–Trinajstić information content (AvgIpc) is 2.23. The number of ether oxygens (including phenoxy) is 1. The van der Waals surface area contributed by atoms with Crippen molar-refractivity contribution >= 4 is 20.2 Å². The minimum Gasteiger partial charge on any atom is -0.477 e. The third-order valence-electron chi connectivity index (χ3n) is 2.18. The van der Waals surface area contributed by atoms with Gasteiger partial charge in [-0.3, -0.25) is 9.11 Å². The van der Waals surface area contributed by atoms with Gasteiger partial charge in [-0.05, 0) is 12.5 Å². The molecule has 7 nitrogen and oxygen atoms in total. The molecule has 2 atom stereocenters. The lowest BCUT2D eigenvalue weighted by Gasteiger charge is -2.25. The first-order valence-electron chi connectivity index (χ1n) is 4.96. The Morgan fingerprint density at radius 3 is 2.37 bits per heavy atom. The van der Waals surface area contributed by atoms with Crippen LogP contribution >= 0.6 is 0 Å². The molecule has 0 fully saturated rings. The van der Waals surface area contributed by atoms with Gasteiger partial charge in [-0.1, -0.05) is 18.4 Å². The highest BCUT2D eigenvalue weighted by atomic mass is 32.2. The van der Waals surface area contributed by atoms with Crippen molar-refractivity contribution in [2.45, 2.75) is 24.0 Å². The lowest BCUT2D eigenvalue weighted by molar-refractivity contribution is 0.174. The molecule has 106 valence electrons. The summed E-state index contributed by atoms with van der Waals surface area (Å²) in [6.07, 6.45) is 0.555. The standard InChI is InChI=1S/C10H12O7S2/c1-7(2)3-4-8-5-9(18(11,12)13)10(17-6-8)19(14,15)16/h6,9-10H,1,5H2,2H3,(H,11,12,13)(H,14,15,16)/t9-,10-/m1/s1. The second-order valence-electron chi connectivity index (χ2n) is 3.95. The van der Waals surface area contributed by atoms with Gasteiger partial charge in [0.2, 0.25) is 5.44 Å². The molecular weight excluding hydrogens is 296 g/mol. The van der Waals surface area contributed by atoms with Crippen molar-refractivity contribution in [2.24, 2.45) is 0 Å². The Morgan fingerprint density at radius 2 is 1.95 bits per heavy atom. The molecule has 1 aliphatic heterocycles. The van der Waals surface area contributed by atoms with Gasteiger partial charge >= 0.3 is 10.1 Å². The summed E-state index contributed by atoms with van der Waals surface area (Å²) in [6, 6.07) is 0. The normalized spacial score (nSPS) is 23.6. The summed E-state index contributed by atoms with van der Waals surface area (Å²) in [6.45, 7) is 5.14. The van der Waals surface area contributed by atoms with E-state index in [1.165, 1.54) is 0 Å². The second kappa shape index (κ2) is 5.34. The van der Waals surface area contributed by atoms with Crippen molar-refractivity contribution < 1.29 is 30.7 Å². The molecule has 19 heavy (non-hydrogen) atoms. The van der Waals surface area contributed by atoms with Crippen LogP contribution in [0.2, 0.25) is 0 Å². The Labute approximate surface area is 111 Å². The summed E-state index contributed by atoms with van der Waals surface area (Å²) >= 11 is 0. The zero-order chi connectivity index (χ0) is 14.8. The van der Waals surface area contributed by atoms with Gasteiger partial charge in [0.1, 0.15) is 5.25 Å². The summed E-state index contributed by atoms with van der Waals surface area (Å²) in [4.78, 5) is 0. The third kappa shape index (κ3) is 4.36. The first kappa shape index (κ1) is 15.7. The van der Waals surface area contributed by atoms with Crippen LogP contribution in [0.5, 0.6) is 0 Å². The Morgan fingerprint density at radius 1 is 1.37 bits per heavy atom. The zero-order valence-corrected chi connectivity index (χ0v) is 11.5. The lowest BCUT2D eigenvalue weighted by atomic mass is 10.1. The van der Waals surface area contributed by atoms with E-state index in [1.54, 1.807) is 6.92 Å². The first-order chi connectivity index (χ1) is 8.51. The highest BCUT2D eigenvalue weighted by molar-refractivity contribution is 7.90. The SMILES string of the molecule is C=C(C)C#CC1=CO[C@H](S(=O)(=O)O)[C@H](S(=O)(=O)O)C1. The van der Waals surface area contributed by atoms with Crippen LogP contribution in [-0.2, 0) is 25.0 Å². The number of allylic oxidation sites excluding steroid dienone is 2. The second-order valence-corrected chi connectivity index (χ2v) is 7.08. The van der Waals surface area contributed by atoms with Crippen LogP contribution in [-0.4, -0.2) is 36.6 Å². The van der Waals surface area contributed by atoms with Gasteiger partial charge < -0.3 is 4.74 Å². The van der Waals surface area contributed by atoms with Gasteiger partial charge in [-0.15, -0.1) is 0 Å². The fourth-order valence-electron chi connectivity index (χ4n) is 1.37. The van der Waals surface area contributed by atoms with Crippen molar-refractivity contribution in [3.05, 3.63) is 24.0 Å². The van der Waals surface area contributed by atoms with E-state index in [-0.39, 0.29) is 12.0 Å². The molecule has 0 spiro atoms. The first-order valence-corrected chi connectivity index (χ1v) is 7.97. The molecule has 0 amide bonds. The molecule has 0 saturated heterocycles. The van der Waals surface area contributed by atoms with Gasteiger partial charge in [0.25, 0.3) is 10.1 Å². The van der Waals surface area contributed by atoms with Gasteiger partial charge in [0, 0.05) is 12.0 Å². The van der Waals surface area contributed by atoms with Crippen molar-refractivity contribution in [1.82, 2.24) is 0 Å². The maximum atomic E-state index is 11.1. The molecule has 0 bridgehead atoms. The summed E-state index contributed by atoms with van der Waals surface area (Å²) in [5, 5.41) is -1.83. The molecule has 0 aliphatic carbocycles. The number of hydrogen-bond acceptors (Lipinski definition) is 5. The quantitative estimate of drug-likeness (QED) is 0.558. The van der Waals surface area contributed by atoms with Gasteiger partial charge in [0.05, 0.1) is 6.26 Å². The molecule has 9 heteroatoms. The van der Waals surface area contributed by atoms with Crippen LogP contribution in [0, 0.1) is 11.8 Å². The minimum atomic E-state index is -4.78. The predicted molar refractivity (Wildman–Crippen MR) is 67.0 cm³/mol. The molecule has 1 rings (SSSR count). The van der Waals surface area contributed by atoms with Gasteiger partial charge in [-0.2, -0.15) is 16.8 Å². The molecule has 0 unspecified atom stereocenters. The summed E-state index contributed by atoms with van der Waals surface area (Å²) in [7, 11) is -9.51. The largest absolute Gasteiger partial charge is 0.477 e. The van der Waals surface area contributed by atoms with Gasteiger partial charge in [-0.25, -0.2) is 0 Å². The fraction of sp³-hybridized carbons (Fsp3) is 0.400. The Kier molecular flexibility index (Phi) is 4.42. The van der Waals surface area contributed by atoms with Crippen molar-refractivity contribution in [3.63, 3.8) is 0 Å². The third-order valence-corrected chi connectivity index (χ3v) is 4.56. The monoisotopic (exact) mass is 308 g/mol. The van der Waals surface area contributed by atoms with E-state index in [0.29, 0.717) is 5.57 Å². The Bertz CT molecular complexity index is 673. The van der Waals surface area contributed by atoms with E-state index in [4.69, 9.17) is 9.11 Å². The number of rotatable bonds is 2. The van der Waals surface area contributed by atoms with Crippen LogP contribution in [0.3, 0.4) is 0 Å². The van der Waals surface area contributed by atoms with Crippen LogP contribution in [0.1, 0.15) is 13.3 Å².